The van der Waals surface area contributed by atoms with Gasteiger partial charge in [-0.05, 0) is 61.9 Å². The molecule has 0 saturated heterocycles. The minimum absolute atomic E-state index is 0.139. The van der Waals surface area contributed by atoms with Gasteiger partial charge in [-0.3, -0.25) is 20.0 Å². The van der Waals surface area contributed by atoms with Crippen molar-refractivity contribution in [2.75, 3.05) is 20.9 Å². The first-order valence-corrected chi connectivity index (χ1v) is 11.8. The summed E-state index contributed by atoms with van der Waals surface area (Å²) in [5.74, 6) is -0.0503. The molecule has 3 amide bonds. The third-order valence-corrected chi connectivity index (χ3v) is 6.04. The topological polar surface area (TPSA) is 112 Å². The van der Waals surface area contributed by atoms with Crippen molar-refractivity contribution >= 4 is 40.8 Å². The molecule has 1 aliphatic heterocycles. The fourth-order valence-corrected chi connectivity index (χ4v) is 3.99. The Hall–Kier alpha value is -5.00. The van der Waals surface area contributed by atoms with Crippen molar-refractivity contribution in [3.8, 4) is 0 Å². The van der Waals surface area contributed by atoms with E-state index in [9.17, 15) is 22.8 Å². The number of rotatable bonds is 5. The highest BCUT2D eigenvalue weighted by atomic mass is 19.4. The number of aryl methyl sites for hydroxylation is 2. The van der Waals surface area contributed by atoms with Crippen LogP contribution in [0.2, 0.25) is 0 Å². The number of nitrogens with zero attached hydrogens (tertiary/aromatic N) is 4. The molecule has 2 aromatic heterocycles. The van der Waals surface area contributed by atoms with Gasteiger partial charge in [-0.25, -0.2) is 9.78 Å². The van der Waals surface area contributed by atoms with Crippen LogP contribution in [0.4, 0.5) is 46.8 Å². The van der Waals surface area contributed by atoms with Gasteiger partial charge in [0, 0.05) is 28.7 Å². The summed E-state index contributed by atoms with van der Waals surface area (Å²) < 4.78 is 39.1. The molecule has 3 heterocycles. The molecule has 3 N–H and O–H groups in total. The van der Waals surface area contributed by atoms with E-state index in [-0.39, 0.29) is 12.1 Å². The molecular weight excluding hydrogens is 511 g/mol. The first-order valence-electron chi connectivity index (χ1n) is 11.8. The summed E-state index contributed by atoms with van der Waals surface area (Å²) >= 11 is 0. The lowest BCUT2D eigenvalue weighted by atomic mass is 10.1. The van der Waals surface area contributed by atoms with E-state index >= 15 is 0 Å². The molecule has 0 bridgehead atoms. The first kappa shape index (κ1) is 25.6. The number of carbonyl (C=O) groups is 2. The maximum Gasteiger partial charge on any atom is 0.416 e. The number of carbonyl (C=O) groups excluding carboxylic acids is 2. The van der Waals surface area contributed by atoms with Gasteiger partial charge in [0.15, 0.2) is 0 Å². The maximum absolute atomic E-state index is 13.0. The van der Waals surface area contributed by atoms with Crippen LogP contribution in [0, 0.1) is 13.8 Å². The number of alkyl halides is 3. The highest BCUT2D eigenvalue weighted by Gasteiger charge is 2.31. The van der Waals surface area contributed by atoms with Crippen molar-refractivity contribution in [1.82, 2.24) is 15.0 Å². The molecule has 39 heavy (non-hydrogen) atoms. The number of halogens is 3. The van der Waals surface area contributed by atoms with Gasteiger partial charge in [0.1, 0.15) is 5.82 Å². The Kier molecular flexibility index (Phi) is 6.60. The summed E-state index contributed by atoms with van der Waals surface area (Å²) in [4.78, 5) is 40.1. The highest BCUT2D eigenvalue weighted by Crippen LogP contribution is 2.32. The van der Waals surface area contributed by atoms with Crippen LogP contribution in [0.15, 0.2) is 67.0 Å². The summed E-state index contributed by atoms with van der Waals surface area (Å²) in [5.41, 5.74) is 2.75. The molecule has 4 aromatic rings. The number of hydrogen-bond acceptors (Lipinski definition) is 6. The van der Waals surface area contributed by atoms with Gasteiger partial charge in [-0.2, -0.15) is 18.2 Å². The Morgan fingerprint density at radius 1 is 1.00 bits per heavy atom. The SMILES string of the molecule is Cc1ccc(Nc2ncc3c(n2)NC(=O)N(c2cc(NC(=O)c4cccc(C(F)(F)F)c4)ccc2C)C3)cn1. The van der Waals surface area contributed by atoms with Crippen molar-refractivity contribution in [2.24, 2.45) is 0 Å². The van der Waals surface area contributed by atoms with Crippen LogP contribution >= 0.6 is 0 Å². The van der Waals surface area contributed by atoms with Crippen LogP contribution < -0.4 is 20.9 Å². The van der Waals surface area contributed by atoms with Crippen molar-refractivity contribution in [3.63, 3.8) is 0 Å². The lowest BCUT2D eigenvalue weighted by molar-refractivity contribution is -0.137. The molecule has 0 spiro atoms. The molecule has 0 aliphatic carbocycles. The third-order valence-electron chi connectivity index (χ3n) is 6.04. The monoisotopic (exact) mass is 533 g/mol. The van der Waals surface area contributed by atoms with E-state index in [1.807, 2.05) is 19.1 Å². The summed E-state index contributed by atoms with van der Waals surface area (Å²) in [6.07, 6.45) is -1.31. The zero-order valence-corrected chi connectivity index (χ0v) is 20.8. The fourth-order valence-electron chi connectivity index (χ4n) is 3.99. The molecule has 198 valence electrons. The maximum atomic E-state index is 13.0. The quantitative estimate of drug-likeness (QED) is 0.288. The summed E-state index contributed by atoms with van der Waals surface area (Å²) in [7, 11) is 0. The average molecular weight is 534 g/mol. The van der Waals surface area contributed by atoms with Gasteiger partial charge in [0.2, 0.25) is 5.95 Å². The molecule has 0 saturated carbocycles. The van der Waals surface area contributed by atoms with Crippen molar-refractivity contribution in [1.29, 1.82) is 0 Å². The van der Waals surface area contributed by atoms with Gasteiger partial charge >= 0.3 is 12.2 Å². The van der Waals surface area contributed by atoms with E-state index in [2.05, 4.69) is 30.9 Å². The van der Waals surface area contributed by atoms with Crippen LogP contribution in [-0.2, 0) is 12.7 Å². The van der Waals surface area contributed by atoms with Gasteiger partial charge in [-0.1, -0.05) is 12.1 Å². The Morgan fingerprint density at radius 3 is 2.54 bits per heavy atom. The van der Waals surface area contributed by atoms with E-state index in [1.54, 1.807) is 37.5 Å². The van der Waals surface area contributed by atoms with E-state index < -0.39 is 23.7 Å². The average Bonchev–Trinajstić information content (AvgIpc) is 2.90. The van der Waals surface area contributed by atoms with Crippen molar-refractivity contribution in [3.05, 3.63) is 94.9 Å². The zero-order chi connectivity index (χ0) is 27.7. The van der Waals surface area contributed by atoms with Crippen LogP contribution in [0.3, 0.4) is 0 Å². The van der Waals surface area contributed by atoms with Crippen LogP contribution in [-0.4, -0.2) is 26.9 Å². The van der Waals surface area contributed by atoms with Crippen molar-refractivity contribution < 1.29 is 22.8 Å². The highest BCUT2D eigenvalue weighted by molar-refractivity contribution is 6.06. The summed E-state index contributed by atoms with van der Waals surface area (Å²) in [5, 5.41) is 8.42. The number of urea groups is 1. The lowest BCUT2D eigenvalue weighted by Gasteiger charge is -2.30. The third kappa shape index (κ3) is 5.64. The molecule has 1 aliphatic rings. The predicted octanol–water partition coefficient (Wildman–Crippen LogP) is 6.06. The van der Waals surface area contributed by atoms with Gasteiger partial charge in [0.05, 0.1) is 29.7 Å². The zero-order valence-electron chi connectivity index (χ0n) is 20.8. The molecular formula is C27H22F3N7O2. The normalized spacial score (nSPS) is 12.9. The van der Waals surface area contributed by atoms with Crippen molar-refractivity contribution in [2.45, 2.75) is 26.6 Å². The van der Waals surface area contributed by atoms with Gasteiger partial charge in [0.25, 0.3) is 5.91 Å². The lowest BCUT2D eigenvalue weighted by Crippen LogP contribution is -2.39. The van der Waals surface area contributed by atoms with E-state index in [0.29, 0.717) is 34.4 Å². The molecule has 0 unspecified atom stereocenters. The second-order valence-corrected chi connectivity index (χ2v) is 8.93. The number of fused-ring (bicyclic) bond motifs is 1. The van der Waals surface area contributed by atoms with E-state index in [0.717, 1.165) is 23.4 Å². The number of benzene rings is 2. The Balaban J connectivity index is 1.34. The Bertz CT molecular complexity index is 1570. The van der Waals surface area contributed by atoms with Gasteiger partial charge < -0.3 is 10.6 Å². The first-order chi connectivity index (χ1) is 18.6. The minimum atomic E-state index is -4.57. The number of anilines is 5. The fraction of sp³-hybridized carbons (Fsp3) is 0.148. The number of nitrogens with one attached hydrogen (secondary N) is 3. The molecule has 5 rings (SSSR count). The summed E-state index contributed by atoms with van der Waals surface area (Å²) in [6, 6.07) is 12.3. The standard InChI is InChI=1S/C27H22F3N7O2/c1-15-6-8-20(33-24(38)17-4-3-5-19(10-17)27(28,29)30)11-22(15)37-14-18-12-32-25(35-23(18)36-26(37)39)34-21-9-7-16(2)31-13-21/h3-13H,14H2,1-2H3,(H,33,38)(H2,32,34,35,36,39). The molecule has 12 heteroatoms. The number of pyridine rings is 1. The number of hydrogen-bond donors (Lipinski definition) is 3. The summed E-state index contributed by atoms with van der Waals surface area (Å²) in [6.45, 7) is 3.84. The molecule has 0 radical (unpaired) electrons. The van der Waals surface area contributed by atoms with E-state index in [1.165, 1.54) is 17.0 Å². The molecule has 9 nitrogen and oxygen atoms in total. The van der Waals surface area contributed by atoms with Crippen LogP contribution in [0.1, 0.15) is 32.7 Å². The van der Waals surface area contributed by atoms with Crippen LogP contribution in [0.5, 0.6) is 0 Å². The smallest absolute Gasteiger partial charge is 0.323 e. The molecule has 0 atom stereocenters. The number of amides is 3. The van der Waals surface area contributed by atoms with Gasteiger partial charge in [-0.15, -0.1) is 0 Å². The predicted molar refractivity (Wildman–Crippen MR) is 140 cm³/mol. The Morgan fingerprint density at radius 2 is 1.79 bits per heavy atom. The van der Waals surface area contributed by atoms with Crippen LogP contribution in [0.25, 0.3) is 0 Å². The Labute approximate surface area is 221 Å². The molecule has 2 aromatic carbocycles. The molecule has 0 fully saturated rings. The second-order valence-electron chi connectivity index (χ2n) is 8.93. The number of aromatic nitrogens is 3. The second kappa shape index (κ2) is 10.0. The largest absolute Gasteiger partial charge is 0.416 e. The van der Waals surface area contributed by atoms with E-state index in [4.69, 9.17) is 0 Å². The minimum Gasteiger partial charge on any atom is -0.323 e.